The average molecular weight is 154 g/mol. The van der Waals surface area contributed by atoms with Gasteiger partial charge < -0.3 is 4.74 Å². The summed E-state index contributed by atoms with van der Waals surface area (Å²) >= 11 is 0. The van der Waals surface area contributed by atoms with Gasteiger partial charge >= 0.3 is 0 Å². The van der Waals surface area contributed by atoms with Gasteiger partial charge in [-0.3, -0.25) is 0 Å². The minimum Gasteiger partial charge on any atom is -0.362 e. The molecule has 0 bridgehead atoms. The largest absolute Gasteiger partial charge is 0.362 e. The van der Waals surface area contributed by atoms with Crippen LogP contribution in [0.5, 0.6) is 0 Å². The van der Waals surface area contributed by atoms with Crippen LogP contribution in [0.2, 0.25) is 0 Å². The van der Waals surface area contributed by atoms with E-state index in [9.17, 15) is 0 Å². The SMILES string of the molecule is CC1C(N=[N+]=[N-])OC1N=[N+]=[N-]. The summed E-state index contributed by atoms with van der Waals surface area (Å²) in [6, 6.07) is 0. The molecule has 0 aromatic heterocycles. The fourth-order valence-corrected chi connectivity index (χ4v) is 0.808. The molecule has 0 radical (unpaired) electrons. The third-order valence-electron chi connectivity index (χ3n) is 1.51. The molecule has 11 heavy (non-hydrogen) atoms. The lowest BCUT2D eigenvalue weighted by Crippen LogP contribution is -2.44. The summed E-state index contributed by atoms with van der Waals surface area (Å²) in [5, 5.41) is 6.64. The Balaban J connectivity index is 2.49. The molecule has 2 atom stereocenters. The van der Waals surface area contributed by atoms with Crippen LogP contribution in [0.3, 0.4) is 0 Å². The second kappa shape index (κ2) is 3.12. The van der Waals surface area contributed by atoms with E-state index < -0.39 is 12.5 Å². The highest BCUT2D eigenvalue weighted by Crippen LogP contribution is 2.29. The van der Waals surface area contributed by atoms with Crippen molar-refractivity contribution >= 4 is 0 Å². The first-order valence-electron chi connectivity index (χ1n) is 3.03. The molecule has 1 rings (SSSR count). The van der Waals surface area contributed by atoms with Crippen molar-refractivity contribution in [2.75, 3.05) is 0 Å². The number of hydrogen-bond donors (Lipinski definition) is 0. The van der Waals surface area contributed by atoms with Crippen LogP contribution >= 0.6 is 0 Å². The molecule has 1 saturated heterocycles. The Labute approximate surface area is 62.2 Å². The van der Waals surface area contributed by atoms with E-state index in [1.54, 1.807) is 6.92 Å². The predicted molar refractivity (Wildman–Crippen MR) is 36.1 cm³/mol. The van der Waals surface area contributed by atoms with Crippen molar-refractivity contribution in [2.24, 2.45) is 16.1 Å². The van der Waals surface area contributed by atoms with Crippen LogP contribution in [0.4, 0.5) is 0 Å². The normalized spacial score (nSPS) is 34.5. The summed E-state index contributed by atoms with van der Waals surface area (Å²) in [5.74, 6) is -0.0261. The van der Waals surface area contributed by atoms with Gasteiger partial charge in [0.25, 0.3) is 0 Å². The van der Waals surface area contributed by atoms with Gasteiger partial charge in [-0.2, -0.15) is 0 Å². The fourth-order valence-electron chi connectivity index (χ4n) is 0.808. The summed E-state index contributed by atoms with van der Waals surface area (Å²) in [5.41, 5.74) is 16.0. The Morgan fingerprint density at radius 3 is 1.91 bits per heavy atom. The minimum absolute atomic E-state index is 0.0261. The number of azide groups is 2. The quantitative estimate of drug-likeness (QED) is 0.338. The van der Waals surface area contributed by atoms with Crippen LogP contribution in [0.1, 0.15) is 6.92 Å². The minimum atomic E-state index is -0.476. The molecule has 0 amide bonds. The Hall–Kier alpha value is -1.42. The zero-order valence-electron chi connectivity index (χ0n) is 5.82. The summed E-state index contributed by atoms with van der Waals surface area (Å²) < 4.78 is 4.89. The van der Waals surface area contributed by atoms with Crippen LogP contribution < -0.4 is 0 Å². The van der Waals surface area contributed by atoms with Gasteiger partial charge in [0.15, 0.2) is 0 Å². The third-order valence-corrected chi connectivity index (χ3v) is 1.51. The maximum Gasteiger partial charge on any atom is 0.142 e. The van der Waals surface area contributed by atoms with Crippen LogP contribution in [-0.4, -0.2) is 12.5 Å². The third kappa shape index (κ3) is 1.35. The smallest absolute Gasteiger partial charge is 0.142 e. The maximum absolute atomic E-state index is 8.01. The Morgan fingerprint density at radius 1 is 1.18 bits per heavy atom. The highest BCUT2D eigenvalue weighted by Gasteiger charge is 2.37. The zero-order valence-corrected chi connectivity index (χ0v) is 5.82. The first-order valence-corrected chi connectivity index (χ1v) is 3.03. The molecule has 0 aromatic carbocycles. The van der Waals surface area contributed by atoms with Gasteiger partial charge in [-0.05, 0) is 11.1 Å². The van der Waals surface area contributed by atoms with Crippen molar-refractivity contribution < 1.29 is 4.74 Å². The second-order valence-electron chi connectivity index (χ2n) is 2.19. The van der Waals surface area contributed by atoms with Crippen molar-refractivity contribution in [3.63, 3.8) is 0 Å². The molecule has 0 saturated carbocycles. The lowest BCUT2D eigenvalue weighted by atomic mass is 10.0. The van der Waals surface area contributed by atoms with Crippen LogP contribution in [0, 0.1) is 5.92 Å². The summed E-state index contributed by atoms with van der Waals surface area (Å²) in [7, 11) is 0. The number of ether oxygens (including phenoxy) is 1. The Bertz CT molecular complexity index is 215. The molecule has 0 spiro atoms. The van der Waals surface area contributed by atoms with Gasteiger partial charge in [0.2, 0.25) is 0 Å². The summed E-state index contributed by atoms with van der Waals surface area (Å²) in [6.07, 6.45) is -0.953. The first-order chi connectivity index (χ1) is 5.29. The lowest BCUT2D eigenvalue weighted by Gasteiger charge is -2.36. The molecule has 2 unspecified atom stereocenters. The fraction of sp³-hybridized carbons (Fsp3) is 1.00. The Morgan fingerprint density at radius 2 is 1.64 bits per heavy atom. The molecule has 1 aliphatic rings. The molecular formula is C4H6N6O. The molecule has 1 fully saturated rings. The zero-order chi connectivity index (χ0) is 8.27. The molecule has 7 heteroatoms. The van der Waals surface area contributed by atoms with E-state index in [2.05, 4.69) is 20.1 Å². The topological polar surface area (TPSA) is 107 Å². The first kappa shape index (κ1) is 7.68. The molecule has 1 heterocycles. The van der Waals surface area contributed by atoms with Gasteiger partial charge in [0, 0.05) is 15.7 Å². The predicted octanol–water partition coefficient (Wildman–Crippen LogP) is 1.93. The van der Waals surface area contributed by atoms with Crippen LogP contribution in [0.15, 0.2) is 10.2 Å². The van der Waals surface area contributed by atoms with E-state index in [0.29, 0.717) is 0 Å². The summed E-state index contributed by atoms with van der Waals surface area (Å²) in [4.78, 5) is 5.14. The van der Waals surface area contributed by atoms with Crippen molar-refractivity contribution in [3.05, 3.63) is 20.9 Å². The maximum atomic E-state index is 8.01. The Kier molecular flexibility index (Phi) is 2.18. The van der Waals surface area contributed by atoms with Crippen molar-refractivity contribution in [2.45, 2.75) is 19.4 Å². The van der Waals surface area contributed by atoms with Gasteiger partial charge in [-0.25, -0.2) is 0 Å². The van der Waals surface area contributed by atoms with Crippen LogP contribution in [0.25, 0.3) is 20.9 Å². The molecular weight excluding hydrogens is 148 g/mol. The van der Waals surface area contributed by atoms with Gasteiger partial charge in [0.05, 0.1) is 0 Å². The number of nitrogens with zero attached hydrogens (tertiary/aromatic N) is 6. The summed E-state index contributed by atoms with van der Waals surface area (Å²) in [6.45, 7) is 1.79. The van der Waals surface area contributed by atoms with Gasteiger partial charge in [-0.1, -0.05) is 17.2 Å². The van der Waals surface area contributed by atoms with Crippen molar-refractivity contribution in [1.82, 2.24) is 0 Å². The van der Waals surface area contributed by atoms with E-state index in [0.717, 1.165) is 0 Å². The standard InChI is InChI=1S/C4H6N6O/c1-2-3(7-9-5)11-4(2)8-10-6/h2-4H,1H3. The molecule has 7 nitrogen and oxygen atoms in total. The molecule has 58 valence electrons. The second-order valence-corrected chi connectivity index (χ2v) is 2.19. The monoisotopic (exact) mass is 154 g/mol. The molecule has 0 aromatic rings. The van der Waals surface area contributed by atoms with Crippen molar-refractivity contribution in [3.8, 4) is 0 Å². The van der Waals surface area contributed by atoms with Crippen molar-refractivity contribution in [1.29, 1.82) is 0 Å². The highest BCUT2D eigenvalue weighted by molar-refractivity contribution is 4.82. The van der Waals surface area contributed by atoms with E-state index >= 15 is 0 Å². The molecule has 0 aliphatic carbocycles. The van der Waals surface area contributed by atoms with E-state index in [1.165, 1.54) is 0 Å². The molecule has 0 N–H and O–H groups in total. The van der Waals surface area contributed by atoms with Gasteiger partial charge in [0.1, 0.15) is 12.5 Å². The highest BCUT2D eigenvalue weighted by atomic mass is 16.5. The lowest BCUT2D eigenvalue weighted by molar-refractivity contribution is -0.168. The van der Waals surface area contributed by atoms with E-state index in [4.69, 9.17) is 15.8 Å². The number of rotatable bonds is 2. The van der Waals surface area contributed by atoms with E-state index in [1.807, 2.05) is 0 Å². The number of hydrogen-bond acceptors (Lipinski definition) is 3. The molecule has 1 aliphatic heterocycles. The van der Waals surface area contributed by atoms with Gasteiger partial charge in [-0.15, -0.1) is 0 Å². The van der Waals surface area contributed by atoms with E-state index in [-0.39, 0.29) is 5.92 Å². The average Bonchev–Trinajstić information content (AvgIpc) is 2.02. The van der Waals surface area contributed by atoms with Crippen LogP contribution in [-0.2, 0) is 4.74 Å².